The van der Waals surface area contributed by atoms with Crippen LogP contribution in [-0.4, -0.2) is 25.4 Å². The third-order valence-electron chi connectivity index (χ3n) is 6.25. The van der Waals surface area contributed by atoms with Gasteiger partial charge in [0.25, 0.3) is 0 Å². The van der Waals surface area contributed by atoms with E-state index in [4.69, 9.17) is 9.47 Å². The van der Waals surface area contributed by atoms with Crippen LogP contribution in [0.25, 0.3) is 0 Å². The molecular formula is C19H36O2. The molecule has 2 rings (SSSR count). The van der Waals surface area contributed by atoms with Crippen LogP contribution in [0.5, 0.6) is 0 Å². The van der Waals surface area contributed by atoms with Gasteiger partial charge in [-0.05, 0) is 61.7 Å². The Labute approximate surface area is 132 Å². The standard InChI is InChI=1S/C19H36O2/c1-6-11-20-14-19(8-3,21-12-7-2)17-15-9-10-16(13-15)18(17,4)5/h15-17H,6-14H2,1-5H3. The summed E-state index contributed by atoms with van der Waals surface area (Å²) in [5.41, 5.74) is 0.344. The molecule has 21 heavy (non-hydrogen) atoms. The third kappa shape index (κ3) is 3.17. The minimum Gasteiger partial charge on any atom is -0.378 e. The minimum atomic E-state index is -0.0610. The summed E-state index contributed by atoms with van der Waals surface area (Å²) in [6, 6.07) is 0. The average molecular weight is 296 g/mol. The number of fused-ring (bicyclic) bond motifs is 2. The van der Waals surface area contributed by atoms with Crippen molar-refractivity contribution >= 4 is 0 Å². The van der Waals surface area contributed by atoms with Gasteiger partial charge in [-0.3, -0.25) is 0 Å². The summed E-state index contributed by atoms with van der Waals surface area (Å²) in [7, 11) is 0. The highest BCUT2D eigenvalue weighted by Crippen LogP contribution is 2.63. The summed E-state index contributed by atoms with van der Waals surface area (Å²) in [6.45, 7) is 14.2. The van der Waals surface area contributed by atoms with E-state index in [0.29, 0.717) is 11.3 Å². The van der Waals surface area contributed by atoms with Gasteiger partial charge in [0.05, 0.1) is 12.2 Å². The topological polar surface area (TPSA) is 18.5 Å². The smallest absolute Gasteiger partial charge is 0.0947 e. The maximum absolute atomic E-state index is 6.52. The van der Waals surface area contributed by atoms with Crippen molar-refractivity contribution in [2.24, 2.45) is 23.2 Å². The van der Waals surface area contributed by atoms with E-state index < -0.39 is 0 Å². The maximum atomic E-state index is 6.52. The van der Waals surface area contributed by atoms with Crippen molar-refractivity contribution < 1.29 is 9.47 Å². The number of rotatable bonds is 9. The number of hydrogen-bond donors (Lipinski definition) is 0. The van der Waals surface area contributed by atoms with Gasteiger partial charge in [0.1, 0.15) is 0 Å². The van der Waals surface area contributed by atoms with Crippen LogP contribution in [0.2, 0.25) is 0 Å². The third-order valence-corrected chi connectivity index (χ3v) is 6.25. The summed E-state index contributed by atoms with van der Waals surface area (Å²) in [6.07, 6.45) is 7.52. The van der Waals surface area contributed by atoms with Gasteiger partial charge in [-0.15, -0.1) is 0 Å². The molecule has 124 valence electrons. The molecule has 0 aromatic carbocycles. The summed E-state index contributed by atoms with van der Waals surface area (Å²) >= 11 is 0. The second-order valence-corrected chi connectivity index (χ2v) is 7.89. The van der Waals surface area contributed by atoms with Gasteiger partial charge in [0.15, 0.2) is 0 Å². The van der Waals surface area contributed by atoms with Gasteiger partial charge < -0.3 is 9.47 Å². The molecule has 2 aliphatic carbocycles. The molecule has 2 fully saturated rings. The molecule has 0 amide bonds. The summed E-state index contributed by atoms with van der Waals surface area (Å²) in [5, 5.41) is 0. The highest BCUT2D eigenvalue weighted by Gasteiger charge is 2.60. The molecule has 0 saturated heterocycles. The predicted molar refractivity (Wildman–Crippen MR) is 88.5 cm³/mol. The van der Waals surface area contributed by atoms with Crippen LogP contribution in [0.4, 0.5) is 0 Å². The van der Waals surface area contributed by atoms with Crippen LogP contribution in [0.1, 0.15) is 73.1 Å². The van der Waals surface area contributed by atoms with Crippen molar-refractivity contribution in [1.29, 1.82) is 0 Å². The lowest BCUT2D eigenvalue weighted by atomic mass is 9.61. The quantitative estimate of drug-likeness (QED) is 0.554. The molecule has 4 unspecified atom stereocenters. The largest absolute Gasteiger partial charge is 0.378 e. The van der Waals surface area contributed by atoms with Crippen molar-refractivity contribution in [2.45, 2.75) is 78.7 Å². The SMILES string of the molecule is CCCOCC(CC)(OCCC)C1C2CCC(C2)C1(C)C. The molecule has 0 aromatic rings. The van der Waals surface area contributed by atoms with Gasteiger partial charge in [-0.25, -0.2) is 0 Å². The van der Waals surface area contributed by atoms with Crippen LogP contribution < -0.4 is 0 Å². The fourth-order valence-electron chi connectivity index (χ4n) is 5.30. The van der Waals surface area contributed by atoms with Crippen LogP contribution in [0.3, 0.4) is 0 Å². The lowest BCUT2D eigenvalue weighted by Gasteiger charge is -2.50. The van der Waals surface area contributed by atoms with Crippen molar-refractivity contribution in [2.75, 3.05) is 19.8 Å². The molecule has 4 atom stereocenters. The Morgan fingerprint density at radius 2 is 1.76 bits per heavy atom. The zero-order chi connectivity index (χ0) is 15.5. The Hall–Kier alpha value is -0.0800. The average Bonchev–Trinajstić information content (AvgIpc) is 3.02. The maximum Gasteiger partial charge on any atom is 0.0947 e. The van der Waals surface area contributed by atoms with Crippen LogP contribution in [0, 0.1) is 23.2 Å². The number of ether oxygens (including phenoxy) is 2. The van der Waals surface area contributed by atoms with E-state index in [1.807, 2.05) is 0 Å². The summed E-state index contributed by atoms with van der Waals surface area (Å²) in [4.78, 5) is 0. The summed E-state index contributed by atoms with van der Waals surface area (Å²) < 4.78 is 12.5. The lowest BCUT2D eigenvalue weighted by Crippen LogP contribution is -2.53. The van der Waals surface area contributed by atoms with Gasteiger partial charge in [-0.2, -0.15) is 0 Å². The molecule has 2 aliphatic rings. The van der Waals surface area contributed by atoms with E-state index in [2.05, 4.69) is 34.6 Å². The van der Waals surface area contributed by atoms with Gasteiger partial charge in [0, 0.05) is 13.2 Å². The monoisotopic (exact) mass is 296 g/mol. The molecule has 0 heterocycles. The van der Waals surface area contributed by atoms with E-state index in [1.54, 1.807) is 0 Å². The first kappa shape index (κ1) is 17.3. The molecule has 0 spiro atoms. The van der Waals surface area contributed by atoms with Crippen molar-refractivity contribution in [3.8, 4) is 0 Å². The van der Waals surface area contributed by atoms with Gasteiger partial charge in [0.2, 0.25) is 0 Å². The van der Waals surface area contributed by atoms with E-state index >= 15 is 0 Å². The van der Waals surface area contributed by atoms with Gasteiger partial charge >= 0.3 is 0 Å². The van der Waals surface area contributed by atoms with E-state index in [9.17, 15) is 0 Å². The van der Waals surface area contributed by atoms with E-state index in [0.717, 1.165) is 50.9 Å². The number of hydrogen-bond acceptors (Lipinski definition) is 2. The van der Waals surface area contributed by atoms with E-state index in [-0.39, 0.29) is 5.60 Å². The normalized spacial score (nSPS) is 33.3. The molecule has 0 aliphatic heterocycles. The molecule has 0 aromatic heterocycles. The molecule has 2 nitrogen and oxygen atoms in total. The van der Waals surface area contributed by atoms with Crippen molar-refractivity contribution in [3.05, 3.63) is 0 Å². The minimum absolute atomic E-state index is 0.0610. The Bertz CT molecular complexity index is 326. The fraction of sp³-hybridized carbons (Fsp3) is 1.00. The molecule has 2 bridgehead atoms. The van der Waals surface area contributed by atoms with Crippen LogP contribution >= 0.6 is 0 Å². The lowest BCUT2D eigenvalue weighted by molar-refractivity contribution is -0.171. The zero-order valence-electron chi connectivity index (χ0n) is 14.9. The van der Waals surface area contributed by atoms with Crippen LogP contribution in [0.15, 0.2) is 0 Å². The molecule has 2 saturated carbocycles. The first-order valence-electron chi connectivity index (χ1n) is 9.23. The van der Waals surface area contributed by atoms with Crippen molar-refractivity contribution in [3.63, 3.8) is 0 Å². The van der Waals surface area contributed by atoms with Crippen LogP contribution in [-0.2, 0) is 9.47 Å². The highest BCUT2D eigenvalue weighted by atomic mass is 16.5. The van der Waals surface area contributed by atoms with E-state index in [1.165, 1.54) is 19.3 Å². The molecule has 2 heteroatoms. The first-order chi connectivity index (χ1) is 10.0. The molecule has 0 N–H and O–H groups in total. The highest BCUT2D eigenvalue weighted by molar-refractivity contribution is 5.09. The van der Waals surface area contributed by atoms with Crippen molar-refractivity contribution in [1.82, 2.24) is 0 Å². The molecular weight excluding hydrogens is 260 g/mol. The Morgan fingerprint density at radius 3 is 2.29 bits per heavy atom. The Balaban J connectivity index is 2.20. The zero-order valence-corrected chi connectivity index (χ0v) is 14.9. The second kappa shape index (κ2) is 7.00. The van der Waals surface area contributed by atoms with Gasteiger partial charge in [-0.1, -0.05) is 34.6 Å². The predicted octanol–water partition coefficient (Wildman–Crippen LogP) is 5.06. The second-order valence-electron chi connectivity index (χ2n) is 7.89. The molecule has 0 radical (unpaired) electrons. The summed E-state index contributed by atoms with van der Waals surface area (Å²) in [5.74, 6) is 2.42. The fourth-order valence-corrected chi connectivity index (χ4v) is 5.30. The first-order valence-corrected chi connectivity index (χ1v) is 9.23. The Morgan fingerprint density at radius 1 is 1.05 bits per heavy atom. The Kier molecular flexibility index (Phi) is 5.76.